The topological polar surface area (TPSA) is 135 Å². The zero-order chi connectivity index (χ0) is 22.2. The van der Waals surface area contributed by atoms with Gasteiger partial charge in [-0.1, -0.05) is 18.2 Å². The van der Waals surface area contributed by atoms with Crippen molar-refractivity contribution < 1.29 is 9.59 Å². The lowest BCUT2D eigenvalue weighted by Gasteiger charge is -2.12. The van der Waals surface area contributed by atoms with Crippen LogP contribution >= 0.6 is 11.8 Å². The summed E-state index contributed by atoms with van der Waals surface area (Å²) in [4.78, 5) is 36.6. The van der Waals surface area contributed by atoms with Crippen molar-refractivity contribution in [3.63, 3.8) is 0 Å². The second kappa shape index (κ2) is 10.4. The standard InChI is InChI=1S/C21H23N7O2S/c1-13(18-26-20(22)28-21(27-18)25-15-6-4-3-5-7-15)31-12-17(29)24-16-10-8-14(9-11-16)19(30)23-2/h3-11,13H,12H2,1-2H3,(H,23,30)(H,24,29)(H3,22,25,26,27,28). The van der Waals surface area contributed by atoms with E-state index in [1.165, 1.54) is 11.8 Å². The lowest BCUT2D eigenvalue weighted by Crippen LogP contribution is -2.18. The molecular formula is C21H23N7O2S. The number of para-hydroxylation sites is 1. The van der Waals surface area contributed by atoms with Gasteiger partial charge in [-0.25, -0.2) is 0 Å². The molecule has 1 unspecified atom stereocenters. The molecule has 1 heterocycles. The van der Waals surface area contributed by atoms with Gasteiger partial charge in [-0.3, -0.25) is 9.59 Å². The van der Waals surface area contributed by atoms with Crippen molar-refractivity contribution >= 4 is 46.8 Å². The number of hydrogen-bond acceptors (Lipinski definition) is 8. The van der Waals surface area contributed by atoms with Gasteiger partial charge in [-0.05, 0) is 43.3 Å². The summed E-state index contributed by atoms with van der Waals surface area (Å²) < 4.78 is 0. The highest BCUT2D eigenvalue weighted by molar-refractivity contribution is 8.00. The van der Waals surface area contributed by atoms with Gasteiger partial charge in [-0.2, -0.15) is 15.0 Å². The van der Waals surface area contributed by atoms with Crippen LogP contribution in [0.4, 0.5) is 23.3 Å². The lowest BCUT2D eigenvalue weighted by molar-refractivity contribution is -0.113. The van der Waals surface area contributed by atoms with Crippen LogP contribution in [0.5, 0.6) is 0 Å². The molecule has 0 saturated carbocycles. The minimum absolute atomic E-state index is 0.108. The van der Waals surface area contributed by atoms with Gasteiger partial charge in [0.25, 0.3) is 5.91 Å². The Morgan fingerprint density at radius 1 is 1.00 bits per heavy atom. The van der Waals surface area contributed by atoms with Crippen LogP contribution in [-0.2, 0) is 4.79 Å². The van der Waals surface area contributed by atoms with Crippen LogP contribution in [0.15, 0.2) is 54.6 Å². The zero-order valence-electron chi connectivity index (χ0n) is 17.1. The summed E-state index contributed by atoms with van der Waals surface area (Å²) in [5, 5.41) is 8.28. The highest BCUT2D eigenvalue weighted by atomic mass is 32.2. The fourth-order valence-electron chi connectivity index (χ4n) is 2.62. The van der Waals surface area contributed by atoms with Crippen molar-refractivity contribution in [1.82, 2.24) is 20.3 Å². The van der Waals surface area contributed by atoms with E-state index in [-0.39, 0.29) is 28.8 Å². The second-order valence-corrected chi connectivity index (χ2v) is 7.85. The molecule has 0 aliphatic carbocycles. The Balaban J connectivity index is 1.56. The van der Waals surface area contributed by atoms with Crippen LogP contribution in [0.3, 0.4) is 0 Å². The fraction of sp³-hybridized carbons (Fsp3) is 0.190. The molecule has 0 spiro atoms. The van der Waals surface area contributed by atoms with E-state index < -0.39 is 0 Å². The summed E-state index contributed by atoms with van der Waals surface area (Å²) in [7, 11) is 1.57. The molecular weight excluding hydrogens is 414 g/mol. The Bertz CT molecular complexity index is 1050. The van der Waals surface area contributed by atoms with E-state index in [2.05, 4.69) is 30.9 Å². The number of nitrogen functional groups attached to an aromatic ring is 1. The molecule has 1 aromatic heterocycles. The van der Waals surface area contributed by atoms with E-state index in [0.29, 0.717) is 23.0 Å². The van der Waals surface area contributed by atoms with Crippen molar-refractivity contribution in [3.05, 3.63) is 66.0 Å². The van der Waals surface area contributed by atoms with Gasteiger partial charge in [-0.15, -0.1) is 11.8 Å². The quantitative estimate of drug-likeness (QED) is 0.422. The predicted octanol–water partition coefficient (Wildman–Crippen LogP) is 2.99. The Morgan fingerprint density at radius 2 is 1.71 bits per heavy atom. The molecule has 160 valence electrons. The van der Waals surface area contributed by atoms with Gasteiger partial charge in [0, 0.05) is 24.0 Å². The maximum atomic E-state index is 12.3. The van der Waals surface area contributed by atoms with Crippen molar-refractivity contribution in [2.45, 2.75) is 12.2 Å². The number of nitrogens with one attached hydrogen (secondary N) is 3. The Kier molecular flexibility index (Phi) is 7.39. The Labute approximate surface area is 184 Å². The molecule has 5 N–H and O–H groups in total. The van der Waals surface area contributed by atoms with Crippen LogP contribution in [0.2, 0.25) is 0 Å². The SMILES string of the molecule is CNC(=O)c1ccc(NC(=O)CSC(C)c2nc(N)nc(Nc3ccccc3)n2)cc1. The lowest BCUT2D eigenvalue weighted by atomic mass is 10.2. The number of rotatable bonds is 8. The smallest absolute Gasteiger partial charge is 0.251 e. The minimum atomic E-state index is -0.181. The maximum Gasteiger partial charge on any atom is 0.251 e. The molecule has 0 aliphatic heterocycles. The number of benzene rings is 2. The van der Waals surface area contributed by atoms with Crippen molar-refractivity contribution in [3.8, 4) is 0 Å². The average Bonchev–Trinajstić information content (AvgIpc) is 2.77. The maximum absolute atomic E-state index is 12.3. The number of hydrogen-bond donors (Lipinski definition) is 4. The molecule has 2 aromatic carbocycles. The normalized spacial score (nSPS) is 11.4. The van der Waals surface area contributed by atoms with Gasteiger partial charge >= 0.3 is 0 Å². The van der Waals surface area contributed by atoms with E-state index in [1.807, 2.05) is 37.3 Å². The molecule has 0 fully saturated rings. The van der Waals surface area contributed by atoms with E-state index in [1.54, 1.807) is 31.3 Å². The predicted molar refractivity (Wildman–Crippen MR) is 123 cm³/mol. The third-order valence-electron chi connectivity index (χ3n) is 4.19. The van der Waals surface area contributed by atoms with Gasteiger partial charge < -0.3 is 21.7 Å². The molecule has 0 radical (unpaired) electrons. The van der Waals surface area contributed by atoms with Crippen LogP contribution in [-0.4, -0.2) is 39.6 Å². The molecule has 2 amide bonds. The molecule has 31 heavy (non-hydrogen) atoms. The van der Waals surface area contributed by atoms with E-state index in [9.17, 15) is 9.59 Å². The Hall–Kier alpha value is -3.66. The molecule has 0 aliphatic rings. The number of carbonyl (C=O) groups is 2. The molecule has 3 aromatic rings. The van der Waals surface area contributed by atoms with Crippen LogP contribution in [0.25, 0.3) is 0 Å². The minimum Gasteiger partial charge on any atom is -0.368 e. The highest BCUT2D eigenvalue weighted by Gasteiger charge is 2.15. The first-order valence-electron chi connectivity index (χ1n) is 9.51. The van der Waals surface area contributed by atoms with E-state index in [0.717, 1.165) is 5.69 Å². The molecule has 9 nitrogen and oxygen atoms in total. The fourth-order valence-corrected chi connectivity index (χ4v) is 3.35. The summed E-state index contributed by atoms with van der Waals surface area (Å²) in [6.45, 7) is 1.90. The second-order valence-electron chi connectivity index (χ2n) is 6.52. The molecule has 0 bridgehead atoms. The summed E-state index contributed by atoms with van der Waals surface area (Å²) >= 11 is 1.38. The monoisotopic (exact) mass is 437 g/mol. The van der Waals surface area contributed by atoms with Gasteiger partial charge in [0.05, 0.1) is 11.0 Å². The number of thioether (sulfide) groups is 1. The first-order valence-corrected chi connectivity index (χ1v) is 10.6. The summed E-state index contributed by atoms with van der Waals surface area (Å²) in [5.41, 5.74) is 7.81. The first kappa shape index (κ1) is 22.0. The van der Waals surface area contributed by atoms with Crippen molar-refractivity contribution in [1.29, 1.82) is 0 Å². The van der Waals surface area contributed by atoms with E-state index >= 15 is 0 Å². The average molecular weight is 438 g/mol. The number of aromatic nitrogens is 3. The summed E-state index contributed by atoms with van der Waals surface area (Å²) in [5.74, 6) is 0.789. The molecule has 1 atom stereocenters. The molecule has 0 saturated heterocycles. The number of anilines is 4. The highest BCUT2D eigenvalue weighted by Crippen LogP contribution is 2.27. The summed E-state index contributed by atoms with van der Waals surface area (Å²) in [6.07, 6.45) is 0. The van der Waals surface area contributed by atoms with Gasteiger partial charge in [0.2, 0.25) is 17.8 Å². The van der Waals surface area contributed by atoms with Crippen LogP contribution in [0, 0.1) is 0 Å². The number of nitrogens with two attached hydrogens (primary N) is 1. The molecule has 10 heteroatoms. The first-order chi connectivity index (χ1) is 14.9. The zero-order valence-corrected chi connectivity index (χ0v) is 17.9. The molecule has 3 rings (SSSR count). The number of nitrogens with zero attached hydrogens (tertiary/aromatic N) is 3. The van der Waals surface area contributed by atoms with Crippen molar-refractivity contribution in [2.24, 2.45) is 0 Å². The van der Waals surface area contributed by atoms with Crippen LogP contribution in [0.1, 0.15) is 28.4 Å². The van der Waals surface area contributed by atoms with Crippen molar-refractivity contribution in [2.75, 3.05) is 29.2 Å². The number of amides is 2. The third-order valence-corrected chi connectivity index (χ3v) is 5.33. The van der Waals surface area contributed by atoms with Gasteiger partial charge in [0.15, 0.2) is 0 Å². The van der Waals surface area contributed by atoms with E-state index in [4.69, 9.17) is 5.73 Å². The summed E-state index contributed by atoms with van der Waals surface area (Å²) in [6, 6.07) is 16.2. The number of carbonyl (C=O) groups excluding carboxylic acids is 2. The largest absolute Gasteiger partial charge is 0.368 e. The third kappa shape index (κ3) is 6.41. The Morgan fingerprint density at radius 3 is 2.39 bits per heavy atom. The van der Waals surface area contributed by atoms with Gasteiger partial charge in [0.1, 0.15) is 5.82 Å². The van der Waals surface area contributed by atoms with Crippen LogP contribution < -0.4 is 21.7 Å².